The number of carbonyl (C=O) groups excluding carboxylic acids is 1. The van der Waals surface area contributed by atoms with Crippen LogP contribution in [0.15, 0.2) is 36.7 Å². The number of rotatable bonds is 12. The van der Waals surface area contributed by atoms with E-state index in [-0.39, 0.29) is 18.9 Å². The number of fused-ring (bicyclic) bond motifs is 1. The Labute approximate surface area is 196 Å². The second-order valence-electron chi connectivity index (χ2n) is 7.95. The van der Waals surface area contributed by atoms with Crippen molar-refractivity contribution in [2.45, 2.75) is 38.4 Å². The number of carbonyl (C=O) groups is 1. The zero-order valence-electron chi connectivity index (χ0n) is 19.0. The summed E-state index contributed by atoms with van der Waals surface area (Å²) in [7, 11) is -2.34. The number of nitrogens with zero attached hydrogens (tertiary/aromatic N) is 4. The van der Waals surface area contributed by atoms with E-state index in [0.29, 0.717) is 35.3 Å². The summed E-state index contributed by atoms with van der Waals surface area (Å²) < 4.78 is 31.4. The number of hydrogen-bond donors (Lipinski definition) is 3. The van der Waals surface area contributed by atoms with E-state index in [9.17, 15) is 9.36 Å². The van der Waals surface area contributed by atoms with Gasteiger partial charge < -0.3 is 29.6 Å². The Balaban J connectivity index is 1.41. The van der Waals surface area contributed by atoms with Crippen LogP contribution in [0.5, 0.6) is 5.75 Å². The van der Waals surface area contributed by atoms with Gasteiger partial charge in [0.05, 0.1) is 20.0 Å². The minimum Gasteiger partial charge on any atom is -0.468 e. The normalized spacial score (nSPS) is 16.1. The quantitative estimate of drug-likeness (QED) is 0.195. The van der Waals surface area contributed by atoms with Gasteiger partial charge in [-0.1, -0.05) is 18.2 Å². The van der Waals surface area contributed by atoms with Crippen molar-refractivity contribution in [1.82, 2.24) is 24.6 Å². The highest BCUT2D eigenvalue weighted by atomic mass is 31.2. The van der Waals surface area contributed by atoms with E-state index in [1.807, 2.05) is 6.07 Å². The maximum absolute atomic E-state index is 13.5. The van der Waals surface area contributed by atoms with Crippen molar-refractivity contribution in [3.8, 4) is 5.75 Å². The first-order chi connectivity index (χ1) is 16.4. The Morgan fingerprint density at radius 1 is 1.29 bits per heavy atom. The molecule has 182 valence electrons. The monoisotopic (exact) mass is 489 g/mol. The number of nitrogens with two attached hydrogens (primary N) is 1. The van der Waals surface area contributed by atoms with Crippen LogP contribution in [0, 0.1) is 0 Å². The molecule has 2 heterocycles. The molecule has 0 spiro atoms. The van der Waals surface area contributed by atoms with Crippen molar-refractivity contribution in [1.29, 1.82) is 0 Å². The average molecular weight is 489 g/mol. The molecule has 0 radical (unpaired) electrons. The number of aromatic nitrogens is 4. The van der Waals surface area contributed by atoms with Crippen molar-refractivity contribution in [3.05, 3.63) is 36.7 Å². The molecule has 0 amide bonds. The Kier molecular flexibility index (Phi) is 7.30. The fraction of sp³-hybridized carbons (Fsp3) is 0.429. The molecule has 1 aliphatic rings. The van der Waals surface area contributed by atoms with E-state index in [0.717, 1.165) is 12.8 Å². The summed E-state index contributed by atoms with van der Waals surface area (Å²) >= 11 is 0. The number of nitrogens with one attached hydrogen (secondary N) is 2. The van der Waals surface area contributed by atoms with E-state index in [1.165, 1.54) is 7.11 Å². The van der Waals surface area contributed by atoms with E-state index >= 15 is 0 Å². The number of anilines is 2. The molecule has 1 fully saturated rings. The van der Waals surface area contributed by atoms with Gasteiger partial charge in [-0.05, 0) is 31.9 Å². The Bertz CT molecular complexity index is 1180. The highest BCUT2D eigenvalue weighted by Crippen LogP contribution is 2.43. The third kappa shape index (κ3) is 6.02. The fourth-order valence-electron chi connectivity index (χ4n) is 3.26. The summed E-state index contributed by atoms with van der Waals surface area (Å²) in [5.41, 5.74) is 7.10. The molecule has 1 unspecified atom stereocenters. The van der Waals surface area contributed by atoms with Crippen LogP contribution in [0.25, 0.3) is 11.2 Å². The van der Waals surface area contributed by atoms with Crippen molar-refractivity contribution < 1.29 is 23.4 Å². The third-order valence-corrected chi connectivity index (χ3v) is 6.89. The molecule has 34 heavy (non-hydrogen) atoms. The van der Waals surface area contributed by atoms with Gasteiger partial charge >= 0.3 is 13.5 Å². The maximum Gasteiger partial charge on any atom is 0.342 e. The van der Waals surface area contributed by atoms with Gasteiger partial charge in [-0.25, -0.2) is 10.1 Å². The molecule has 1 aromatic carbocycles. The number of nitrogen functional groups attached to an aromatic ring is 1. The highest BCUT2D eigenvalue weighted by Gasteiger charge is 2.30. The predicted molar refractivity (Wildman–Crippen MR) is 126 cm³/mol. The molecule has 4 N–H and O–H groups in total. The molecule has 12 nitrogen and oxygen atoms in total. The van der Waals surface area contributed by atoms with E-state index in [1.54, 1.807) is 42.1 Å². The number of methoxy groups -OCH3 is 1. The second kappa shape index (κ2) is 10.4. The summed E-state index contributed by atoms with van der Waals surface area (Å²) in [4.78, 5) is 24.8. The predicted octanol–water partition coefficient (Wildman–Crippen LogP) is 2.38. The van der Waals surface area contributed by atoms with Crippen molar-refractivity contribution in [2.24, 2.45) is 0 Å². The molecule has 2 aromatic heterocycles. The summed E-state index contributed by atoms with van der Waals surface area (Å²) in [6.07, 6.45) is 3.56. The zero-order chi connectivity index (χ0) is 24.1. The zero-order valence-corrected chi connectivity index (χ0v) is 19.9. The number of benzene rings is 1. The SMILES string of the molecule is COC(=O)[C@H](C)NP(=O)(COCCn1cnc2c(NC3CC3)nc(N)nc21)Oc1ccccc1. The number of ether oxygens (including phenoxy) is 2. The summed E-state index contributed by atoms with van der Waals surface area (Å²) in [6.45, 7) is 2.12. The van der Waals surface area contributed by atoms with Crippen molar-refractivity contribution >= 4 is 36.4 Å². The number of imidazole rings is 1. The first-order valence-electron chi connectivity index (χ1n) is 10.9. The van der Waals surface area contributed by atoms with Crippen LogP contribution in [0.3, 0.4) is 0 Å². The first-order valence-corrected chi connectivity index (χ1v) is 12.7. The lowest BCUT2D eigenvalue weighted by molar-refractivity contribution is -0.142. The minimum atomic E-state index is -3.60. The van der Waals surface area contributed by atoms with Crippen molar-refractivity contribution in [3.63, 3.8) is 0 Å². The van der Waals surface area contributed by atoms with Gasteiger partial charge in [-0.3, -0.25) is 9.36 Å². The van der Waals surface area contributed by atoms with Gasteiger partial charge in [0.15, 0.2) is 17.0 Å². The van der Waals surface area contributed by atoms with Gasteiger partial charge in [0.25, 0.3) is 0 Å². The van der Waals surface area contributed by atoms with Crippen LogP contribution in [-0.4, -0.2) is 57.6 Å². The molecule has 0 bridgehead atoms. The van der Waals surface area contributed by atoms with Gasteiger partial charge in [0.1, 0.15) is 18.1 Å². The largest absolute Gasteiger partial charge is 0.468 e. The standard InChI is InChI=1S/C21H28N7O5P/c1-14(20(29)31-2)27-34(30,33-16-6-4-3-5-7-16)13-32-11-10-28-12-23-17-18(24-15-8-9-15)25-21(22)26-19(17)28/h3-7,12,14-15H,8-11,13H2,1-2H3,(H,27,30)(H3,22,24,25,26)/t14-,34?/m0/s1. The lowest BCUT2D eigenvalue weighted by atomic mass is 10.3. The van der Waals surface area contributed by atoms with E-state index < -0.39 is 19.5 Å². The molecular weight excluding hydrogens is 461 g/mol. The minimum absolute atomic E-state index is 0.153. The molecule has 0 saturated heterocycles. The topological polar surface area (TPSA) is 156 Å². The molecular formula is C21H28N7O5P. The van der Waals surface area contributed by atoms with E-state index in [4.69, 9.17) is 19.7 Å². The molecule has 2 atom stereocenters. The first kappa shape index (κ1) is 23.9. The smallest absolute Gasteiger partial charge is 0.342 e. The van der Waals surface area contributed by atoms with Gasteiger partial charge in [-0.15, -0.1) is 0 Å². The van der Waals surface area contributed by atoms with Gasteiger partial charge in [-0.2, -0.15) is 9.97 Å². The molecule has 0 aliphatic heterocycles. The van der Waals surface area contributed by atoms with Gasteiger partial charge in [0, 0.05) is 12.6 Å². The third-order valence-electron chi connectivity index (χ3n) is 5.08. The maximum atomic E-state index is 13.5. The lowest BCUT2D eigenvalue weighted by Crippen LogP contribution is -2.35. The molecule has 1 saturated carbocycles. The highest BCUT2D eigenvalue weighted by molar-refractivity contribution is 7.57. The van der Waals surface area contributed by atoms with E-state index in [2.05, 4.69) is 25.4 Å². The van der Waals surface area contributed by atoms with Crippen LogP contribution >= 0.6 is 7.52 Å². The Hall–Kier alpha value is -3.21. The average Bonchev–Trinajstić information content (AvgIpc) is 3.54. The van der Waals surface area contributed by atoms with Crippen molar-refractivity contribution in [2.75, 3.05) is 31.1 Å². The lowest BCUT2D eigenvalue weighted by Gasteiger charge is -2.23. The molecule has 4 rings (SSSR count). The van der Waals surface area contributed by atoms with Crippen LogP contribution in [0.2, 0.25) is 0 Å². The fourth-order valence-corrected chi connectivity index (χ4v) is 4.97. The van der Waals surface area contributed by atoms with Crippen LogP contribution < -0.4 is 20.7 Å². The summed E-state index contributed by atoms with van der Waals surface area (Å²) in [6, 6.07) is 8.22. The number of hydrogen-bond acceptors (Lipinski definition) is 10. The Morgan fingerprint density at radius 3 is 2.76 bits per heavy atom. The summed E-state index contributed by atoms with van der Waals surface area (Å²) in [5.74, 6) is 0.601. The van der Waals surface area contributed by atoms with Crippen LogP contribution in [-0.2, 0) is 25.4 Å². The summed E-state index contributed by atoms with van der Waals surface area (Å²) in [5, 5.41) is 6.04. The Morgan fingerprint density at radius 2 is 2.06 bits per heavy atom. The molecule has 13 heteroatoms. The molecule has 1 aliphatic carbocycles. The van der Waals surface area contributed by atoms with Gasteiger partial charge in [0.2, 0.25) is 5.95 Å². The second-order valence-corrected chi connectivity index (χ2v) is 9.99. The number of esters is 1. The van der Waals surface area contributed by atoms with Crippen LogP contribution in [0.1, 0.15) is 19.8 Å². The number of para-hydroxylation sites is 1. The molecule has 3 aromatic rings. The van der Waals surface area contributed by atoms with Crippen LogP contribution in [0.4, 0.5) is 11.8 Å².